The summed E-state index contributed by atoms with van der Waals surface area (Å²) in [6.45, 7) is 1.18. The molecule has 1 amide bonds. The molecule has 18 heavy (non-hydrogen) atoms. The van der Waals surface area contributed by atoms with E-state index in [1.807, 2.05) is 12.1 Å². The molecule has 2 rings (SSSR count). The van der Waals surface area contributed by atoms with Crippen molar-refractivity contribution in [3.8, 4) is 11.5 Å². The molecule has 0 aromatic heterocycles. The summed E-state index contributed by atoms with van der Waals surface area (Å²) in [7, 11) is 3.18. The second-order valence-corrected chi connectivity index (χ2v) is 4.35. The summed E-state index contributed by atoms with van der Waals surface area (Å²) in [6.07, 6.45) is 0.506. The Balaban J connectivity index is 2.30. The molecule has 0 aliphatic carbocycles. The maximum Gasteiger partial charge on any atom is 0.227 e. The quantitative estimate of drug-likeness (QED) is 0.866. The van der Waals surface area contributed by atoms with E-state index in [2.05, 4.69) is 0 Å². The molecule has 1 unspecified atom stereocenters. The number of carbonyl (C=O) groups excluding carboxylic acids is 1. The van der Waals surface area contributed by atoms with Crippen molar-refractivity contribution in [2.75, 3.05) is 32.2 Å². The van der Waals surface area contributed by atoms with Crippen molar-refractivity contribution in [1.82, 2.24) is 0 Å². The molecule has 5 nitrogen and oxygen atoms in total. The fourth-order valence-corrected chi connectivity index (χ4v) is 2.18. The van der Waals surface area contributed by atoms with E-state index in [4.69, 9.17) is 15.2 Å². The molecular weight excluding hydrogens is 232 g/mol. The Bertz CT molecular complexity index is 448. The van der Waals surface area contributed by atoms with Crippen molar-refractivity contribution in [2.24, 2.45) is 11.7 Å². The average Bonchev–Trinajstić information content (AvgIpc) is 2.79. The van der Waals surface area contributed by atoms with Gasteiger partial charge in [0.2, 0.25) is 5.91 Å². The highest BCUT2D eigenvalue weighted by Crippen LogP contribution is 2.35. The van der Waals surface area contributed by atoms with Crippen LogP contribution >= 0.6 is 0 Å². The minimum absolute atomic E-state index is 0.0916. The molecule has 0 saturated carbocycles. The van der Waals surface area contributed by atoms with Gasteiger partial charge in [-0.1, -0.05) is 0 Å². The number of ether oxygens (including phenoxy) is 2. The van der Waals surface area contributed by atoms with Crippen LogP contribution in [0.5, 0.6) is 11.5 Å². The lowest BCUT2D eigenvalue weighted by Gasteiger charge is -2.20. The van der Waals surface area contributed by atoms with Crippen molar-refractivity contribution in [3.05, 3.63) is 18.2 Å². The van der Waals surface area contributed by atoms with Crippen LogP contribution in [0.1, 0.15) is 6.42 Å². The lowest BCUT2D eigenvalue weighted by atomic mass is 10.1. The lowest BCUT2D eigenvalue weighted by Crippen LogP contribution is -2.26. The standard InChI is InChI=1S/C13H18N2O3/c1-17-10-3-4-11(12(6-10)18-2)15-8-9(7-14)5-13(15)16/h3-4,6,9H,5,7-8,14H2,1-2H3. The van der Waals surface area contributed by atoms with Crippen LogP contribution in [0.25, 0.3) is 0 Å². The zero-order valence-electron chi connectivity index (χ0n) is 10.7. The first-order chi connectivity index (χ1) is 8.69. The highest BCUT2D eigenvalue weighted by Gasteiger charge is 2.31. The summed E-state index contributed by atoms with van der Waals surface area (Å²) in [5.41, 5.74) is 6.40. The van der Waals surface area contributed by atoms with Crippen LogP contribution in [0, 0.1) is 5.92 Å². The predicted octanol–water partition coefficient (Wildman–Crippen LogP) is 1.02. The first kappa shape index (κ1) is 12.7. The van der Waals surface area contributed by atoms with Gasteiger partial charge in [0.25, 0.3) is 0 Å². The van der Waals surface area contributed by atoms with Crippen LogP contribution in [0.3, 0.4) is 0 Å². The van der Waals surface area contributed by atoms with Crippen LogP contribution in [0.15, 0.2) is 18.2 Å². The number of carbonyl (C=O) groups is 1. The molecule has 1 saturated heterocycles. The minimum atomic E-state index is 0.0916. The van der Waals surface area contributed by atoms with Crippen molar-refractivity contribution >= 4 is 11.6 Å². The molecule has 1 fully saturated rings. The lowest BCUT2D eigenvalue weighted by molar-refractivity contribution is -0.117. The van der Waals surface area contributed by atoms with Gasteiger partial charge >= 0.3 is 0 Å². The number of nitrogens with two attached hydrogens (primary N) is 1. The Morgan fingerprint density at radius 1 is 1.39 bits per heavy atom. The third kappa shape index (κ3) is 2.26. The van der Waals surface area contributed by atoms with Gasteiger partial charge in [0.1, 0.15) is 11.5 Å². The summed E-state index contributed by atoms with van der Waals surface area (Å²) in [5.74, 6) is 1.66. The normalized spacial score (nSPS) is 19.2. The molecule has 0 bridgehead atoms. The highest BCUT2D eigenvalue weighted by molar-refractivity contribution is 5.97. The first-order valence-corrected chi connectivity index (χ1v) is 5.92. The number of rotatable bonds is 4. The maximum atomic E-state index is 12.0. The maximum absolute atomic E-state index is 12.0. The van der Waals surface area contributed by atoms with Gasteiger partial charge in [0.15, 0.2) is 0 Å². The molecule has 1 aromatic carbocycles. The second-order valence-electron chi connectivity index (χ2n) is 4.35. The number of nitrogens with zero attached hydrogens (tertiary/aromatic N) is 1. The van der Waals surface area contributed by atoms with E-state index in [-0.39, 0.29) is 11.8 Å². The number of methoxy groups -OCH3 is 2. The number of amides is 1. The van der Waals surface area contributed by atoms with Gasteiger partial charge in [-0.15, -0.1) is 0 Å². The molecule has 1 aliphatic heterocycles. The summed E-state index contributed by atoms with van der Waals surface area (Å²) < 4.78 is 10.5. The van der Waals surface area contributed by atoms with Gasteiger partial charge in [-0.2, -0.15) is 0 Å². The Kier molecular flexibility index (Phi) is 3.72. The Hall–Kier alpha value is -1.75. The second kappa shape index (κ2) is 5.27. The Labute approximate surface area is 106 Å². The van der Waals surface area contributed by atoms with Crippen molar-refractivity contribution < 1.29 is 14.3 Å². The van der Waals surface area contributed by atoms with E-state index in [1.165, 1.54) is 0 Å². The monoisotopic (exact) mass is 250 g/mol. The topological polar surface area (TPSA) is 64.8 Å². The zero-order valence-corrected chi connectivity index (χ0v) is 10.7. The van der Waals surface area contributed by atoms with Crippen LogP contribution in [0.4, 0.5) is 5.69 Å². The summed E-state index contributed by atoms with van der Waals surface area (Å²) >= 11 is 0. The number of hydrogen-bond acceptors (Lipinski definition) is 4. The van der Waals surface area contributed by atoms with E-state index in [1.54, 1.807) is 25.2 Å². The van der Waals surface area contributed by atoms with Crippen LogP contribution in [-0.2, 0) is 4.79 Å². The van der Waals surface area contributed by atoms with Crippen molar-refractivity contribution in [2.45, 2.75) is 6.42 Å². The third-order valence-electron chi connectivity index (χ3n) is 3.22. The van der Waals surface area contributed by atoms with Crippen molar-refractivity contribution in [3.63, 3.8) is 0 Å². The molecule has 0 radical (unpaired) electrons. The van der Waals surface area contributed by atoms with Gasteiger partial charge < -0.3 is 20.1 Å². The van der Waals surface area contributed by atoms with Gasteiger partial charge in [0.05, 0.1) is 19.9 Å². The van der Waals surface area contributed by atoms with Gasteiger partial charge in [-0.05, 0) is 24.6 Å². The predicted molar refractivity (Wildman–Crippen MR) is 69.1 cm³/mol. The SMILES string of the molecule is COc1ccc(N2CC(CN)CC2=O)c(OC)c1. The van der Waals surface area contributed by atoms with E-state index in [9.17, 15) is 4.79 Å². The largest absolute Gasteiger partial charge is 0.497 e. The molecule has 1 atom stereocenters. The average molecular weight is 250 g/mol. The number of hydrogen-bond donors (Lipinski definition) is 1. The van der Waals surface area contributed by atoms with E-state index in [0.717, 1.165) is 5.69 Å². The fraction of sp³-hybridized carbons (Fsp3) is 0.462. The Morgan fingerprint density at radius 2 is 2.17 bits per heavy atom. The van der Waals surface area contributed by atoms with E-state index >= 15 is 0 Å². The minimum Gasteiger partial charge on any atom is -0.497 e. The summed E-state index contributed by atoms with van der Waals surface area (Å²) in [6, 6.07) is 5.44. The molecule has 1 aromatic rings. The van der Waals surface area contributed by atoms with E-state index < -0.39 is 0 Å². The molecule has 5 heteroatoms. The molecule has 2 N–H and O–H groups in total. The van der Waals surface area contributed by atoms with Gasteiger partial charge in [-0.3, -0.25) is 4.79 Å². The molecule has 1 aliphatic rings. The summed E-state index contributed by atoms with van der Waals surface area (Å²) in [4.78, 5) is 13.7. The van der Waals surface area contributed by atoms with Crippen LogP contribution in [-0.4, -0.2) is 33.2 Å². The highest BCUT2D eigenvalue weighted by atomic mass is 16.5. The molecule has 0 spiro atoms. The Morgan fingerprint density at radius 3 is 2.72 bits per heavy atom. The first-order valence-electron chi connectivity index (χ1n) is 5.92. The molecular formula is C13H18N2O3. The molecule has 1 heterocycles. The zero-order chi connectivity index (χ0) is 13.1. The van der Waals surface area contributed by atoms with E-state index in [0.29, 0.717) is 31.0 Å². The molecule has 98 valence electrons. The van der Waals surface area contributed by atoms with Gasteiger partial charge in [-0.25, -0.2) is 0 Å². The third-order valence-corrected chi connectivity index (χ3v) is 3.22. The smallest absolute Gasteiger partial charge is 0.227 e. The van der Waals surface area contributed by atoms with Crippen LogP contribution in [0.2, 0.25) is 0 Å². The van der Waals surface area contributed by atoms with Crippen LogP contribution < -0.4 is 20.1 Å². The van der Waals surface area contributed by atoms with Gasteiger partial charge in [0, 0.05) is 19.0 Å². The number of anilines is 1. The fourth-order valence-electron chi connectivity index (χ4n) is 2.18. The number of benzene rings is 1. The van der Waals surface area contributed by atoms with Crippen molar-refractivity contribution in [1.29, 1.82) is 0 Å². The summed E-state index contributed by atoms with van der Waals surface area (Å²) in [5, 5.41) is 0.